The molecule has 0 fully saturated rings. The molecule has 0 bridgehead atoms. The van der Waals surface area contributed by atoms with Crippen LogP contribution < -0.4 is 0 Å². The van der Waals surface area contributed by atoms with Crippen LogP contribution in [0.25, 0.3) is 0 Å². The fourth-order valence-electron chi connectivity index (χ4n) is 4.05. The Morgan fingerprint density at radius 1 is 1.11 bits per heavy atom. The summed E-state index contributed by atoms with van der Waals surface area (Å²) in [7, 11) is 6.08. The van der Waals surface area contributed by atoms with Gasteiger partial charge in [0, 0.05) is 5.92 Å². The van der Waals surface area contributed by atoms with Crippen molar-refractivity contribution in [2.45, 2.75) is 19.3 Å². The minimum atomic E-state index is 0.560. The summed E-state index contributed by atoms with van der Waals surface area (Å²) in [5.41, 5.74) is 5.73. The van der Waals surface area contributed by atoms with Crippen molar-refractivity contribution in [3.05, 3.63) is 70.8 Å². The van der Waals surface area contributed by atoms with E-state index in [2.05, 4.69) is 48.6 Å². The molecule has 0 saturated heterocycles. The van der Waals surface area contributed by atoms with Crippen molar-refractivity contribution < 1.29 is 0 Å². The minimum Gasteiger partial charge on any atom is -0.117 e. The predicted octanol–water partition coefficient (Wildman–Crippen LogP) is 4.00. The number of rotatable bonds is 0. The molecule has 0 amide bonds. The fourth-order valence-corrected chi connectivity index (χ4v) is 4.05. The Morgan fingerprint density at radius 3 is 2.95 bits per heavy atom. The van der Waals surface area contributed by atoms with Crippen LogP contribution in [0.15, 0.2) is 70.8 Å². The zero-order valence-corrected chi connectivity index (χ0v) is 11.0. The molecule has 0 nitrogen and oxygen atoms in total. The first-order chi connectivity index (χ1) is 9.34. The summed E-state index contributed by atoms with van der Waals surface area (Å²) in [6.45, 7) is 0. The quantitative estimate of drug-likeness (QED) is 0.565. The van der Waals surface area contributed by atoms with E-state index in [4.69, 9.17) is 7.85 Å². The lowest BCUT2D eigenvalue weighted by atomic mass is 9.60. The molecule has 2 radical (unpaired) electrons. The molecular formula is C18H17B. The SMILES string of the molecule is [B]C1=CC=C2C3=C(C=CCC3)C3C=CC=CC3C2C1. The van der Waals surface area contributed by atoms with Gasteiger partial charge in [0.25, 0.3) is 0 Å². The molecule has 0 heterocycles. The molecule has 19 heavy (non-hydrogen) atoms. The van der Waals surface area contributed by atoms with E-state index in [1.165, 1.54) is 12.8 Å². The van der Waals surface area contributed by atoms with Crippen molar-refractivity contribution in [3.63, 3.8) is 0 Å². The number of allylic oxidation sites excluding steroid dienone is 12. The smallest absolute Gasteiger partial charge is 0.107 e. The van der Waals surface area contributed by atoms with Crippen LogP contribution >= 0.6 is 0 Å². The molecule has 4 aliphatic carbocycles. The molecular weight excluding hydrogens is 227 g/mol. The van der Waals surface area contributed by atoms with Crippen molar-refractivity contribution in [2.24, 2.45) is 17.8 Å². The van der Waals surface area contributed by atoms with Crippen LogP contribution in [0, 0.1) is 17.8 Å². The van der Waals surface area contributed by atoms with Gasteiger partial charge in [-0.05, 0) is 47.8 Å². The topological polar surface area (TPSA) is 0 Å². The first-order valence-electron chi connectivity index (χ1n) is 7.26. The summed E-state index contributed by atoms with van der Waals surface area (Å²) in [6, 6.07) is 0. The van der Waals surface area contributed by atoms with Crippen molar-refractivity contribution in [3.8, 4) is 0 Å². The molecule has 0 aliphatic heterocycles. The fraction of sp³-hybridized carbons (Fsp3) is 0.333. The van der Waals surface area contributed by atoms with Gasteiger partial charge in [0.15, 0.2) is 0 Å². The normalized spacial score (nSPS) is 35.3. The van der Waals surface area contributed by atoms with Gasteiger partial charge in [0.05, 0.1) is 0 Å². The van der Waals surface area contributed by atoms with Gasteiger partial charge in [-0.1, -0.05) is 48.6 Å². The Morgan fingerprint density at radius 2 is 2.00 bits per heavy atom. The van der Waals surface area contributed by atoms with Crippen molar-refractivity contribution >= 4 is 7.85 Å². The van der Waals surface area contributed by atoms with Gasteiger partial charge < -0.3 is 0 Å². The highest BCUT2D eigenvalue weighted by Gasteiger charge is 2.39. The van der Waals surface area contributed by atoms with E-state index in [9.17, 15) is 0 Å². The monoisotopic (exact) mass is 244 g/mol. The van der Waals surface area contributed by atoms with Crippen LogP contribution in [0.1, 0.15) is 19.3 Å². The van der Waals surface area contributed by atoms with Crippen molar-refractivity contribution in [1.82, 2.24) is 0 Å². The zero-order valence-electron chi connectivity index (χ0n) is 11.0. The van der Waals surface area contributed by atoms with Crippen molar-refractivity contribution in [2.75, 3.05) is 0 Å². The lowest BCUT2D eigenvalue weighted by Gasteiger charge is -2.43. The summed E-state index contributed by atoms with van der Waals surface area (Å²) in [5, 5.41) is 0. The van der Waals surface area contributed by atoms with Gasteiger partial charge in [-0.3, -0.25) is 0 Å². The van der Waals surface area contributed by atoms with Gasteiger partial charge in [0.2, 0.25) is 0 Å². The first kappa shape index (κ1) is 11.3. The molecule has 1 heteroatoms. The third-order valence-electron chi connectivity index (χ3n) is 4.89. The van der Waals surface area contributed by atoms with E-state index in [0.717, 1.165) is 11.9 Å². The Balaban J connectivity index is 1.90. The second kappa shape index (κ2) is 4.26. The highest BCUT2D eigenvalue weighted by atomic mass is 14.4. The van der Waals surface area contributed by atoms with E-state index < -0.39 is 0 Å². The molecule has 0 aromatic carbocycles. The second-order valence-electron chi connectivity index (χ2n) is 5.92. The molecule has 4 aliphatic rings. The maximum Gasteiger partial charge on any atom is 0.107 e. The molecule has 3 unspecified atom stereocenters. The van der Waals surface area contributed by atoms with Crippen LogP contribution in [-0.4, -0.2) is 7.85 Å². The lowest BCUT2D eigenvalue weighted by molar-refractivity contribution is 0.368. The Labute approximate surface area is 116 Å². The van der Waals surface area contributed by atoms with Gasteiger partial charge in [-0.15, -0.1) is 5.47 Å². The highest BCUT2D eigenvalue weighted by Crippen LogP contribution is 2.50. The van der Waals surface area contributed by atoms with E-state index in [1.54, 1.807) is 16.7 Å². The van der Waals surface area contributed by atoms with Crippen LogP contribution in [0.4, 0.5) is 0 Å². The maximum absolute atomic E-state index is 6.08. The highest BCUT2D eigenvalue weighted by molar-refractivity contribution is 6.21. The average molecular weight is 244 g/mol. The molecule has 0 aromatic rings. The van der Waals surface area contributed by atoms with Crippen LogP contribution in [0.2, 0.25) is 0 Å². The van der Waals surface area contributed by atoms with Gasteiger partial charge in [-0.25, -0.2) is 0 Å². The molecule has 0 N–H and O–H groups in total. The summed E-state index contributed by atoms with van der Waals surface area (Å²) < 4.78 is 0. The summed E-state index contributed by atoms with van der Waals surface area (Å²) in [6.07, 6.45) is 21.6. The van der Waals surface area contributed by atoms with Gasteiger partial charge in [-0.2, -0.15) is 0 Å². The molecule has 0 aromatic heterocycles. The largest absolute Gasteiger partial charge is 0.117 e. The van der Waals surface area contributed by atoms with Crippen LogP contribution in [0.3, 0.4) is 0 Å². The second-order valence-corrected chi connectivity index (χ2v) is 5.92. The Bertz CT molecular complexity index is 595. The zero-order chi connectivity index (χ0) is 12.8. The maximum atomic E-state index is 6.08. The first-order valence-corrected chi connectivity index (χ1v) is 7.26. The van der Waals surface area contributed by atoms with Gasteiger partial charge >= 0.3 is 0 Å². The Hall–Kier alpha value is -1.50. The summed E-state index contributed by atoms with van der Waals surface area (Å²) >= 11 is 0. The Kier molecular flexibility index (Phi) is 2.55. The summed E-state index contributed by atoms with van der Waals surface area (Å²) in [5.74, 6) is 1.73. The molecule has 3 atom stereocenters. The van der Waals surface area contributed by atoms with Crippen LogP contribution in [0.5, 0.6) is 0 Å². The van der Waals surface area contributed by atoms with Gasteiger partial charge in [0.1, 0.15) is 7.85 Å². The number of hydrogen-bond acceptors (Lipinski definition) is 0. The number of hydrogen-bond donors (Lipinski definition) is 0. The average Bonchev–Trinajstić information content (AvgIpc) is 2.47. The molecule has 92 valence electrons. The summed E-state index contributed by atoms with van der Waals surface area (Å²) in [4.78, 5) is 0. The third kappa shape index (κ3) is 1.68. The van der Waals surface area contributed by atoms with Crippen LogP contribution in [-0.2, 0) is 0 Å². The number of fused-ring (bicyclic) bond motifs is 5. The standard InChI is InChI=1S/C18H17B/c19-12-9-10-17-15-7-2-1-5-13(15)14-6-3-4-8-16(14)18(17)11-12/h1,3-6,8-10,14,16,18H,2,7,11H2. The molecule has 4 rings (SSSR count). The van der Waals surface area contributed by atoms with E-state index in [1.807, 2.05) is 0 Å². The van der Waals surface area contributed by atoms with E-state index in [0.29, 0.717) is 17.8 Å². The van der Waals surface area contributed by atoms with E-state index in [-0.39, 0.29) is 0 Å². The third-order valence-corrected chi connectivity index (χ3v) is 4.89. The van der Waals surface area contributed by atoms with Crippen molar-refractivity contribution in [1.29, 1.82) is 0 Å². The lowest BCUT2D eigenvalue weighted by Crippen LogP contribution is -2.33. The molecule has 0 spiro atoms. The minimum absolute atomic E-state index is 0.560. The van der Waals surface area contributed by atoms with E-state index >= 15 is 0 Å². The molecule has 0 saturated carbocycles. The predicted molar refractivity (Wildman–Crippen MR) is 80.7 cm³/mol.